The highest BCUT2D eigenvalue weighted by Gasteiger charge is 2.28. The van der Waals surface area contributed by atoms with E-state index in [4.69, 9.17) is 5.11 Å². The monoisotopic (exact) mass is 449 g/mol. The topological polar surface area (TPSA) is 108 Å². The first kappa shape index (κ1) is 21.5. The molecule has 164 valence electrons. The lowest BCUT2D eigenvalue weighted by Crippen LogP contribution is -2.43. The lowest BCUT2D eigenvalue weighted by Gasteiger charge is -2.31. The summed E-state index contributed by atoms with van der Waals surface area (Å²) in [5.41, 5.74) is 0.429. The molecule has 2 N–H and O–H groups in total. The summed E-state index contributed by atoms with van der Waals surface area (Å²) in [5, 5.41) is 12.5. The van der Waals surface area contributed by atoms with Crippen LogP contribution in [0, 0.1) is 11.6 Å². The number of hydrogen-bond donors (Lipinski definition) is 2. The third-order valence-electron chi connectivity index (χ3n) is 5.21. The van der Waals surface area contributed by atoms with E-state index < -0.39 is 28.3 Å². The number of sulfonamides is 1. The van der Waals surface area contributed by atoms with Crippen LogP contribution in [0.5, 0.6) is 0 Å². The minimum absolute atomic E-state index is 0.0369. The second kappa shape index (κ2) is 8.77. The maximum absolute atomic E-state index is 14.4. The van der Waals surface area contributed by atoms with Crippen LogP contribution in [0.25, 0.3) is 22.2 Å². The molecule has 3 aromatic rings. The van der Waals surface area contributed by atoms with Gasteiger partial charge in [0.25, 0.3) is 0 Å². The van der Waals surface area contributed by atoms with Crippen LogP contribution in [0.1, 0.15) is 12.8 Å². The lowest BCUT2D eigenvalue weighted by molar-refractivity contribution is 0.302. The van der Waals surface area contributed by atoms with E-state index in [0.717, 1.165) is 6.20 Å². The van der Waals surface area contributed by atoms with E-state index in [-0.39, 0.29) is 34.5 Å². The average molecular weight is 449 g/mol. The van der Waals surface area contributed by atoms with Gasteiger partial charge in [0.05, 0.1) is 18.6 Å². The third-order valence-corrected chi connectivity index (χ3v) is 7.06. The molecule has 11 heteroatoms. The van der Waals surface area contributed by atoms with Gasteiger partial charge in [-0.3, -0.25) is 4.98 Å². The molecule has 0 amide bonds. The number of piperidine rings is 1. The molecule has 0 radical (unpaired) electrons. The SMILES string of the molecule is O=S(=O)(CCO)N1CCC(Nc2ncc(F)c(-c3cc(F)c4ncccc4c3)n2)CC1. The van der Waals surface area contributed by atoms with Gasteiger partial charge in [-0.15, -0.1) is 0 Å². The Morgan fingerprint density at radius 2 is 1.94 bits per heavy atom. The molecule has 8 nitrogen and oxygen atoms in total. The summed E-state index contributed by atoms with van der Waals surface area (Å²) < 4.78 is 54.3. The van der Waals surface area contributed by atoms with Gasteiger partial charge in [0, 0.05) is 36.3 Å². The zero-order chi connectivity index (χ0) is 22.0. The summed E-state index contributed by atoms with van der Waals surface area (Å²) in [6, 6.07) is 6.06. The fourth-order valence-corrected chi connectivity index (χ4v) is 4.89. The van der Waals surface area contributed by atoms with Crippen molar-refractivity contribution >= 4 is 26.9 Å². The van der Waals surface area contributed by atoms with Crippen molar-refractivity contribution < 1.29 is 22.3 Å². The van der Waals surface area contributed by atoms with Gasteiger partial charge in [-0.25, -0.2) is 31.5 Å². The molecular formula is C20H21F2N5O3S. The molecule has 4 rings (SSSR count). The molecule has 1 aliphatic rings. The molecule has 0 saturated carbocycles. The third kappa shape index (κ3) is 4.63. The minimum atomic E-state index is -3.47. The van der Waals surface area contributed by atoms with Gasteiger partial charge in [-0.05, 0) is 31.0 Å². The van der Waals surface area contributed by atoms with Crippen LogP contribution in [0.15, 0.2) is 36.7 Å². The van der Waals surface area contributed by atoms with Gasteiger partial charge < -0.3 is 10.4 Å². The van der Waals surface area contributed by atoms with Gasteiger partial charge in [-0.2, -0.15) is 0 Å². The number of nitrogens with zero attached hydrogens (tertiary/aromatic N) is 4. The predicted octanol–water partition coefficient (Wildman–Crippen LogP) is 2.17. The van der Waals surface area contributed by atoms with Crippen molar-refractivity contribution in [2.45, 2.75) is 18.9 Å². The summed E-state index contributed by atoms with van der Waals surface area (Å²) in [6.07, 6.45) is 3.53. The summed E-state index contributed by atoms with van der Waals surface area (Å²) in [4.78, 5) is 12.2. The molecule has 2 aromatic heterocycles. The minimum Gasteiger partial charge on any atom is -0.395 e. The zero-order valence-electron chi connectivity index (χ0n) is 16.5. The maximum atomic E-state index is 14.4. The molecule has 1 aromatic carbocycles. The van der Waals surface area contributed by atoms with Gasteiger partial charge in [0.1, 0.15) is 17.0 Å². The van der Waals surface area contributed by atoms with Crippen molar-refractivity contribution in [3.05, 3.63) is 48.3 Å². The van der Waals surface area contributed by atoms with Gasteiger partial charge in [0.2, 0.25) is 16.0 Å². The first-order valence-corrected chi connectivity index (χ1v) is 11.4. The smallest absolute Gasteiger partial charge is 0.223 e. The van der Waals surface area contributed by atoms with E-state index in [2.05, 4.69) is 20.3 Å². The van der Waals surface area contributed by atoms with E-state index >= 15 is 0 Å². The number of aliphatic hydroxyl groups is 1. The normalized spacial score (nSPS) is 16.0. The molecule has 31 heavy (non-hydrogen) atoms. The highest BCUT2D eigenvalue weighted by Crippen LogP contribution is 2.27. The quantitative estimate of drug-likeness (QED) is 0.594. The van der Waals surface area contributed by atoms with E-state index in [1.165, 1.54) is 16.6 Å². The molecule has 1 saturated heterocycles. The molecule has 3 heterocycles. The van der Waals surface area contributed by atoms with E-state index in [1.54, 1.807) is 18.2 Å². The van der Waals surface area contributed by atoms with Gasteiger partial charge in [0.15, 0.2) is 5.82 Å². The van der Waals surface area contributed by atoms with Crippen LogP contribution in [0.2, 0.25) is 0 Å². The van der Waals surface area contributed by atoms with E-state index in [0.29, 0.717) is 31.3 Å². The molecular weight excluding hydrogens is 428 g/mol. The number of fused-ring (bicyclic) bond motifs is 1. The van der Waals surface area contributed by atoms with Crippen LogP contribution in [-0.4, -0.2) is 64.3 Å². The number of nitrogens with one attached hydrogen (secondary N) is 1. The molecule has 0 unspecified atom stereocenters. The summed E-state index contributed by atoms with van der Waals surface area (Å²) in [7, 11) is -3.47. The Kier molecular flexibility index (Phi) is 6.08. The maximum Gasteiger partial charge on any atom is 0.223 e. The standard InChI is InChI=1S/C20H21F2N5O3S/c21-16-11-14(10-13-2-1-5-23-18(13)16)19-17(22)12-24-20(26-19)25-15-3-6-27(7-4-15)31(29,30)9-8-28/h1-2,5,10-12,15,28H,3-4,6-9H2,(H,24,25,26). The molecule has 1 fully saturated rings. The fraction of sp³-hybridized carbons (Fsp3) is 0.350. The number of hydrogen-bond acceptors (Lipinski definition) is 7. The van der Waals surface area contributed by atoms with Crippen molar-refractivity contribution in [2.24, 2.45) is 0 Å². The Morgan fingerprint density at radius 1 is 1.16 bits per heavy atom. The number of rotatable bonds is 6. The van der Waals surface area contributed by atoms with Crippen LogP contribution in [0.3, 0.4) is 0 Å². The molecule has 0 aliphatic carbocycles. The van der Waals surface area contributed by atoms with Crippen LogP contribution in [-0.2, 0) is 10.0 Å². The average Bonchev–Trinajstić information content (AvgIpc) is 2.75. The molecule has 0 bridgehead atoms. The van der Waals surface area contributed by atoms with Crippen molar-refractivity contribution in [1.29, 1.82) is 0 Å². The Morgan fingerprint density at radius 3 is 2.68 bits per heavy atom. The van der Waals surface area contributed by atoms with Crippen LogP contribution < -0.4 is 5.32 Å². The van der Waals surface area contributed by atoms with Crippen LogP contribution >= 0.6 is 0 Å². The highest BCUT2D eigenvalue weighted by atomic mass is 32.2. The largest absolute Gasteiger partial charge is 0.395 e. The number of anilines is 1. The van der Waals surface area contributed by atoms with Gasteiger partial charge in [-0.1, -0.05) is 6.07 Å². The number of benzene rings is 1. The van der Waals surface area contributed by atoms with Gasteiger partial charge >= 0.3 is 0 Å². The molecule has 0 atom stereocenters. The van der Waals surface area contributed by atoms with Crippen molar-refractivity contribution in [2.75, 3.05) is 30.8 Å². The summed E-state index contributed by atoms with van der Waals surface area (Å²) in [5.74, 6) is -1.37. The Bertz CT molecular complexity index is 1200. The summed E-state index contributed by atoms with van der Waals surface area (Å²) >= 11 is 0. The summed E-state index contributed by atoms with van der Waals surface area (Å²) in [6.45, 7) is 0.187. The lowest BCUT2D eigenvalue weighted by atomic mass is 10.1. The highest BCUT2D eigenvalue weighted by molar-refractivity contribution is 7.89. The van der Waals surface area contributed by atoms with E-state index in [1.807, 2.05) is 0 Å². The molecule has 0 spiro atoms. The fourth-order valence-electron chi connectivity index (χ4n) is 3.63. The Hall–Kier alpha value is -2.76. The zero-order valence-corrected chi connectivity index (χ0v) is 17.3. The van der Waals surface area contributed by atoms with Crippen molar-refractivity contribution in [3.8, 4) is 11.3 Å². The predicted molar refractivity (Wildman–Crippen MR) is 112 cm³/mol. The number of pyridine rings is 1. The van der Waals surface area contributed by atoms with Crippen LogP contribution in [0.4, 0.5) is 14.7 Å². The molecule has 1 aliphatic heterocycles. The van der Waals surface area contributed by atoms with Crippen molar-refractivity contribution in [3.63, 3.8) is 0 Å². The Labute approximate surface area is 178 Å². The number of aliphatic hydroxyl groups excluding tert-OH is 1. The number of aromatic nitrogens is 3. The second-order valence-electron chi connectivity index (χ2n) is 7.28. The first-order chi connectivity index (χ1) is 14.9. The van der Waals surface area contributed by atoms with Crippen molar-refractivity contribution in [1.82, 2.24) is 19.3 Å². The number of halogens is 2. The second-order valence-corrected chi connectivity index (χ2v) is 9.37. The Balaban J connectivity index is 1.52. The first-order valence-electron chi connectivity index (χ1n) is 9.80. The van der Waals surface area contributed by atoms with E-state index in [9.17, 15) is 17.2 Å².